The molecule has 0 saturated carbocycles. The lowest BCUT2D eigenvalue weighted by Gasteiger charge is -1.93. The van der Waals surface area contributed by atoms with Gasteiger partial charge in [0.05, 0.1) is 0 Å². The van der Waals surface area contributed by atoms with E-state index in [1.165, 1.54) is 0 Å². The van der Waals surface area contributed by atoms with Gasteiger partial charge in [-0.1, -0.05) is 33.2 Å². The first-order chi connectivity index (χ1) is 6.25. The fraction of sp³-hybridized carbons (Fsp3) is 0. The Labute approximate surface area is 81.7 Å². The number of halogens is 1. The summed E-state index contributed by atoms with van der Waals surface area (Å²) in [4.78, 5) is 13.1. The Kier molecular flexibility index (Phi) is 2.02. The van der Waals surface area contributed by atoms with Crippen molar-refractivity contribution in [1.29, 1.82) is 0 Å². The summed E-state index contributed by atoms with van der Waals surface area (Å²) in [6, 6.07) is 7.39. The maximum atomic E-state index is 10.6. The third-order valence-electron chi connectivity index (χ3n) is 1.56. The maximum Gasteiger partial charge on any atom is 0.439 e. The number of benzene rings is 1. The minimum atomic E-state index is -0.544. The Balaban J connectivity index is 2.47. The van der Waals surface area contributed by atoms with E-state index in [0.29, 0.717) is 5.82 Å². The molecule has 1 aromatic heterocycles. The van der Waals surface area contributed by atoms with Gasteiger partial charge in [-0.2, -0.15) is 0 Å². The summed E-state index contributed by atoms with van der Waals surface area (Å²) in [7, 11) is 0. The third kappa shape index (κ3) is 1.70. The van der Waals surface area contributed by atoms with E-state index < -0.39 is 5.76 Å². The molecule has 0 aliphatic heterocycles. The Morgan fingerprint density at radius 3 is 2.54 bits per heavy atom. The summed E-state index contributed by atoms with van der Waals surface area (Å²) in [6.45, 7) is 0. The van der Waals surface area contributed by atoms with Crippen LogP contribution in [0.15, 0.2) is 38.1 Å². The number of H-pyrrole nitrogens is 1. The van der Waals surface area contributed by atoms with E-state index in [-0.39, 0.29) is 0 Å². The zero-order valence-corrected chi connectivity index (χ0v) is 8.04. The average molecular weight is 241 g/mol. The highest BCUT2D eigenvalue weighted by Gasteiger charge is 2.02. The molecule has 0 unspecified atom stereocenters. The predicted octanol–water partition coefficient (Wildman–Crippen LogP) is 1.79. The molecule has 13 heavy (non-hydrogen) atoms. The number of aromatic nitrogens is 2. The highest BCUT2D eigenvalue weighted by molar-refractivity contribution is 9.10. The molecule has 0 bridgehead atoms. The second-order valence-corrected chi connectivity index (χ2v) is 3.37. The molecule has 0 saturated heterocycles. The summed E-state index contributed by atoms with van der Waals surface area (Å²) >= 11 is 3.31. The molecule has 66 valence electrons. The Morgan fingerprint density at radius 2 is 2.00 bits per heavy atom. The molecule has 5 heteroatoms. The van der Waals surface area contributed by atoms with Gasteiger partial charge in [0.2, 0.25) is 0 Å². The smallest absolute Gasteiger partial charge is 0.296 e. The van der Waals surface area contributed by atoms with Crippen molar-refractivity contribution in [3.05, 3.63) is 39.3 Å². The van der Waals surface area contributed by atoms with Gasteiger partial charge in [0.15, 0.2) is 5.82 Å². The van der Waals surface area contributed by atoms with Crippen LogP contribution >= 0.6 is 15.9 Å². The molecule has 0 aliphatic carbocycles. The number of aromatic amines is 1. The monoisotopic (exact) mass is 240 g/mol. The lowest BCUT2D eigenvalue weighted by atomic mass is 10.2. The van der Waals surface area contributed by atoms with Crippen LogP contribution in [0.1, 0.15) is 0 Å². The average Bonchev–Trinajstić information content (AvgIpc) is 2.53. The van der Waals surface area contributed by atoms with Crippen molar-refractivity contribution in [2.24, 2.45) is 0 Å². The van der Waals surface area contributed by atoms with E-state index in [2.05, 4.69) is 30.6 Å². The fourth-order valence-corrected chi connectivity index (χ4v) is 1.23. The van der Waals surface area contributed by atoms with Crippen molar-refractivity contribution < 1.29 is 4.52 Å². The van der Waals surface area contributed by atoms with E-state index in [0.717, 1.165) is 10.0 Å². The molecule has 0 fully saturated rings. The first kappa shape index (κ1) is 8.25. The van der Waals surface area contributed by atoms with Crippen molar-refractivity contribution >= 4 is 15.9 Å². The number of hydrogen-bond donors (Lipinski definition) is 1. The summed E-state index contributed by atoms with van der Waals surface area (Å²) in [5, 5.41) is 3.56. The van der Waals surface area contributed by atoms with E-state index in [4.69, 9.17) is 0 Å². The normalized spacial score (nSPS) is 10.2. The third-order valence-corrected chi connectivity index (χ3v) is 2.09. The van der Waals surface area contributed by atoms with Crippen LogP contribution in [0.4, 0.5) is 0 Å². The van der Waals surface area contributed by atoms with Gasteiger partial charge in [-0.05, 0) is 12.1 Å². The number of rotatable bonds is 1. The van der Waals surface area contributed by atoms with E-state index in [9.17, 15) is 4.79 Å². The van der Waals surface area contributed by atoms with Gasteiger partial charge >= 0.3 is 5.76 Å². The predicted molar refractivity (Wildman–Crippen MR) is 50.3 cm³/mol. The van der Waals surface area contributed by atoms with Gasteiger partial charge in [-0.15, -0.1) is 0 Å². The standard InChI is InChI=1S/C8H5BrN2O2/c9-6-3-1-5(2-4-6)7-10-8(12)13-11-7/h1-4H,(H,10,11,12). The molecular weight excluding hydrogens is 236 g/mol. The van der Waals surface area contributed by atoms with Crippen LogP contribution in [0.5, 0.6) is 0 Å². The van der Waals surface area contributed by atoms with Crippen LogP contribution in [0, 0.1) is 0 Å². The zero-order valence-electron chi connectivity index (χ0n) is 6.45. The largest absolute Gasteiger partial charge is 0.439 e. The topological polar surface area (TPSA) is 58.9 Å². The minimum Gasteiger partial charge on any atom is -0.296 e. The van der Waals surface area contributed by atoms with Crippen molar-refractivity contribution in [3.8, 4) is 11.4 Å². The summed E-state index contributed by atoms with van der Waals surface area (Å²) < 4.78 is 5.35. The maximum absolute atomic E-state index is 10.6. The SMILES string of the molecule is O=c1[nH]c(-c2ccc(Br)cc2)no1. The van der Waals surface area contributed by atoms with Gasteiger partial charge in [0.25, 0.3) is 0 Å². The highest BCUT2D eigenvalue weighted by Crippen LogP contribution is 2.16. The van der Waals surface area contributed by atoms with Crippen LogP contribution in [0.2, 0.25) is 0 Å². The van der Waals surface area contributed by atoms with E-state index >= 15 is 0 Å². The van der Waals surface area contributed by atoms with Gasteiger partial charge < -0.3 is 0 Å². The van der Waals surface area contributed by atoms with Crippen molar-refractivity contribution in [1.82, 2.24) is 10.1 Å². The van der Waals surface area contributed by atoms with Gasteiger partial charge in [0, 0.05) is 10.0 Å². The van der Waals surface area contributed by atoms with Crippen LogP contribution in [-0.2, 0) is 0 Å². The van der Waals surface area contributed by atoms with Gasteiger partial charge in [-0.25, -0.2) is 4.79 Å². The Bertz CT molecular complexity index is 457. The minimum absolute atomic E-state index is 0.442. The van der Waals surface area contributed by atoms with E-state index in [1.54, 1.807) is 0 Å². The molecule has 1 heterocycles. The highest BCUT2D eigenvalue weighted by atomic mass is 79.9. The van der Waals surface area contributed by atoms with Gasteiger partial charge in [0.1, 0.15) is 0 Å². The molecule has 1 aromatic carbocycles. The first-order valence-electron chi connectivity index (χ1n) is 3.57. The van der Waals surface area contributed by atoms with Crippen molar-refractivity contribution in [3.63, 3.8) is 0 Å². The van der Waals surface area contributed by atoms with Crippen molar-refractivity contribution in [2.45, 2.75) is 0 Å². The summed E-state index contributed by atoms with van der Waals surface area (Å²) in [6.07, 6.45) is 0. The molecule has 2 aromatic rings. The molecule has 0 atom stereocenters. The molecule has 0 aliphatic rings. The molecule has 2 rings (SSSR count). The second-order valence-electron chi connectivity index (χ2n) is 2.45. The second kappa shape index (κ2) is 3.18. The van der Waals surface area contributed by atoms with Crippen molar-refractivity contribution in [2.75, 3.05) is 0 Å². The fourth-order valence-electron chi connectivity index (χ4n) is 0.962. The van der Waals surface area contributed by atoms with Crippen LogP contribution in [-0.4, -0.2) is 10.1 Å². The zero-order chi connectivity index (χ0) is 9.26. The first-order valence-corrected chi connectivity index (χ1v) is 4.37. The molecule has 4 nitrogen and oxygen atoms in total. The van der Waals surface area contributed by atoms with Crippen LogP contribution < -0.4 is 5.76 Å². The lowest BCUT2D eigenvalue weighted by molar-refractivity contribution is 0.388. The molecule has 0 spiro atoms. The molecule has 1 N–H and O–H groups in total. The Hall–Kier alpha value is -1.36. The molecular formula is C8H5BrN2O2. The number of hydrogen-bond acceptors (Lipinski definition) is 3. The summed E-state index contributed by atoms with van der Waals surface area (Å²) in [5.41, 5.74) is 0.814. The quantitative estimate of drug-likeness (QED) is 0.827. The number of nitrogens with zero attached hydrogens (tertiary/aromatic N) is 1. The van der Waals surface area contributed by atoms with Crippen LogP contribution in [0.3, 0.4) is 0 Å². The Morgan fingerprint density at radius 1 is 1.31 bits per heavy atom. The number of nitrogens with one attached hydrogen (secondary N) is 1. The van der Waals surface area contributed by atoms with E-state index in [1.807, 2.05) is 24.3 Å². The lowest BCUT2D eigenvalue weighted by Crippen LogP contribution is -1.94. The molecule has 0 amide bonds. The van der Waals surface area contributed by atoms with Crippen LogP contribution in [0.25, 0.3) is 11.4 Å². The molecule has 0 radical (unpaired) electrons. The van der Waals surface area contributed by atoms with Gasteiger partial charge in [-0.3, -0.25) is 9.51 Å². The summed E-state index contributed by atoms with van der Waals surface area (Å²) in [5.74, 6) is -0.101.